The third-order valence-corrected chi connectivity index (χ3v) is 4.84. The van der Waals surface area contributed by atoms with Crippen molar-refractivity contribution >= 4 is 0 Å². The molecule has 1 saturated heterocycles. The largest absolute Gasteiger partial charge is 0.507 e. The molecule has 0 aliphatic carbocycles. The van der Waals surface area contributed by atoms with Crippen LogP contribution in [0.4, 0.5) is 0 Å². The van der Waals surface area contributed by atoms with Gasteiger partial charge in [0.25, 0.3) is 0 Å². The Morgan fingerprint density at radius 1 is 1.11 bits per heavy atom. The summed E-state index contributed by atoms with van der Waals surface area (Å²) in [5.74, 6) is 0.648. The van der Waals surface area contributed by atoms with E-state index in [9.17, 15) is 5.11 Å². The molecule has 1 aromatic carbocycles. The van der Waals surface area contributed by atoms with Crippen molar-refractivity contribution in [1.29, 1.82) is 0 Å². The number of ether oxygens (including phenoxy) is 3. The van der Waals surface area contributed by atoms with E-state index >= 15 is 0 Å². The lowest BCUT2D eigenvalue weighted by Crippen LogP contribution is -2.33. The number of hydrogen-bond acceptors (Lipinski definition) is 5. The number of aromatic nitrogens is 1. The van der Waals surface area contributed by atoms with Crippen LogP contribution < -0.4 is 4.74 Å². The van der Waals surface area contributed by atoms with Crippen molar-refractivity contribution in [3.63, 3.8) is 0 Å². The van der Waals surface area contributed by atoms with Gasteiger partial charge < -0.3 is 19.3 Å². The summed E-state index contributed by atoms with van der Waals surface area (Å²) in [6, 6.07) is 10.3. The molecule has 0 saturated carbocycles. The summed E-state index contributed by atoms with van der Waals surface area (Å²) in [7, 11) is 0. The fourth-order valence-corrected chi connectivity index (χ4v) is 3.17. The maximum Gasteiger partial charge on any atom is 0.217 e. The van der Waals surface area contributed by atoms with E-state index in [0.29, 0.717) is 32.3 Å². The molecule has 1 unspecified atom stereocenters. The average molecular weight is 371 g/mol. The fourth-order valence-electron chi connectivity index (χ4n) is 3.17. The number of benzene rings is 1. The van der Waals surface area contributed by atoms with E-state index in [2.05, 4.69) is 36.2 Å². The second kappa shape index (κ2) is 9.72. The number of rotatable bonds is 8. The molecule has 1 fully saturated rings. The average Bonchev–Trinajstić information content (AvgIpc) is 2.70. The van der Waals surface area contributed by atoms with Gasteiger partial charge in [-0.15, -0.1) is 0 Å². The van der Waals surface area contributed by atoms with E-state index < -0.39 is 0 Å². The molecule has 3 rings (SSSR count). The number of aromatic hydroxyl groups is 1. The van der Waals surface area contributed by atoms with E-state index in [-0.39, 0.29) is 11.9 Å². The standard InChI is InChI=1S/C22H29NO4/c1-3-4-17-5-7-18(8-6-17)9-10-20-16(2)21(24)13-22(23-20)27-15-19-14-25-11-12-26-19/h5-8,13,19H,3-4,9-12,14-15H2,1-2H3,(H,23,24). The quantitative estimate of drug-likeness (QED) is 0.768. The summed E-state index contributed by atoms with van der Waals surface area (Å²) in [6.45, 7) is 6.19. The van der Waals surface area contributed by atoms with Gasteiger partial charge in [0, 0.05) is 11.6 Å². The normalized spacial score (nSPS) is 17.0. The van der Waals surface area contributed by atoms with Crippen molar-refractivity contribution < 1.29 is 19.3 Å². The minimum atomic E-state index is -0.0888. The lowest BCUT2D eigenvalue weighted by atomic mass is 10.0. The molecule has 27 heavy (non-hydrogen) atoms. The molecule has 1 aromatic heterocycles. The van der Waals surface area contributed by atoms with Crippen molar-refractivity contribution in [3.05, 3.63) is 52.7 Å². The van der Waals surface area contributed by atoms with Gasteiger partial charge in [0.05, 0.1) is 25.5 Å². The van der Waals surface area contributed by atoms with Crippen LogP contribution in [-0.4, -0.2) is 42.6 Å². The highest BCUT2D eigenvalue weighted by atomic mass is 16.6. The molecule has 0 amide bonds. The van der Waals surface area contributed by atoms with Crippen molar-refractivity contribution in [2.75, 3.05) is 26.4 Å². The van der Waals surface area contributed by atoms with Crippen LogP contribution in [0.5, 0.6) is 11.6 Å². The Bertz CT molecular complexity index is 724. The lowest BCUT2D eigenvalue weighted by molar-refractivity contribution is -0.102. The Kier molecular flexibility index (Phi) is 7.07. The number of aryl methyl sites for hydroxylation is 3. The summed E-state index contributed by atoms with van der Waals surface area (Å²) < 4.78 is 16.7. The van der Waals surface area contributed by atoms with Crippen molar-refractivity contribution in [2.24, 2.45) is 0 Å². The predicted molar refractivity (Wildman–Crippen MR) is 105 cm³/mol. The molecule has 1 aliphatic rings. The summed E-state index contributed by atoms with van der Waals surface area (Å²) in [6.07, 6.45) is 3.82. The SMILES string of the molecule is CCCc1ccc(CCc2nc(OCC3COCCO3)cc(O)c2C)cc1. The minimum absolute atomic E-state index is 0.0888. The Balaban J connectivity index is 1.60. The zero-order valence-electron chi connectivity index (χ0n) is 16.2. The topological polar surface area (TPSA) is 60.8 Å². The predicted octanol–water partition coefficient (Wildman–Crippen LogP) is 3.63. The molecule has 0 bridgehead atoms. The second-order valence-electron chi connectivity index (χ2n) is 7.00. The maximum absolute atomic E-state index is 10.2. The van der Waals surface area contributed by atoms with Crippen molar-refractivity contribution in [3.8, 4) is 11.6 Å². The van der Waals surface area contributed by atoms with E-state index in [1.807, 2.05) is 6.92 Å². The van der Waals surface area contributed by atoms with Gasteiger partial charge in [-0.2, -0.15) is 0 Å². The van der Waals surface area contributed by atoms with Gasteiger partial charge in [-0.3, -0.25) is 0 Å². The first-order valence-corrected chi connectivity index (χ1v) is 9.75. The molecule has 5 heteroatoms. The van der Waals surface area contributed by atoms with Crippen LogP contribution in [0, 0.1) is 6.92 Å². The highest BCUT2D eigenvalue weighted by molar-refractivity contribution is 5.39. The first kappa shape index (κ1) is 19.6. The van der Waals surface area contributed by atoms with Gasteiger partial charge in [0.1, 0.15) is 18.5 Å². The summed E-state index contributed by atoms with van der Waals surface area (Å²) in [5.41, 5.74) is 4.32. The van der Waals surface area contributed by atoms with Crippen LogP contribution >= 0.6 is 0 Å². The van der Waals surface area contributed by atoms with Crippen molar-refractivity contribution in [1.82, 2.24) is 4.98 Å². The number of hydrogen-bond donors (Lipinski definition) is 1. The van der Waals surface area contributed by atoms with Crippen LogP contribution in [0.25, 0.3) is 0 Å². The Morgan fingerprint density at radius 3 is 2.52 bits per heavy atom. The molecule has 0 radical (unpaired) electrons. The van der Waals surface area contributed by atoms with E-state index in [1.54, 1.807) is 6.07 Å². The van der Waals surface area contributed by atoms with Gasteiger partial charge in [-0.05, 0) is 37.3 Å². The van der Waals surface area contributed by atoms with Crippen LogP contribution in [0.1, 0.15) is 35.7 Å². The van der Waals surface area contributed by atoms with Gasteiger partial charge in [0.2, 0.25) is 5.88 Å². The van der Waals surface area contributed by atoms with Gasteiger partial charge >= 0.3 is 0 Å². The highest BCUT2D eigenvalue weighted by Crippen LogP contribution is 2.25. The number of pyridine rings is 1. The van der Waals surface area contributed by atoms with Gasteiger partial charge in [-0.25, -0.2) is 4.98 Å². The van der Waals surface area contributed by atoms with Crippen LogP contribution in [0.3, 0.4) is 0 Å². The zero-order valence-corrected chi connectivity index (χ0v) is 16.2. The molecule has 0 spiro atoms. The highest BCUT2D eigenvalue weighted by Gasteiger charge is 2.16. The molecular formula is C22H29NO4. The Labute approximate surface area is 161 Å². The third kappa shape index (κ3) is 5.68. The van der Waals surface area contributed by atoms with Gasteiger partial charge in [-0.1, -0.05) is 37.6 Å². The first-order chi connectivity index (χ1) is 13.2. The minimum Gasteiger partial charge on any atom is -0.507 e. The molecule has 2 aromatic rings. The molecule has 1 atom stereocenters. The first-order valence-electron chi connectivity index (χ1n) is 9.75. The van der Waals surface area contributed by atoms with Crippen LogP contribution in [-0.2, 0) is 28.7 Å². The molecule has 1 N–H and O–H groups in total. The molecular weight excluding hydrogens is 342 g/mol. The maximum atomic E-state index is 10.2. The summed E-state index contributed by atoms with van der Waals surface area (Å²) >= 11 is 0. The van der Waals surface area contributed by atoms with E-state index in [0.717, 1.165) is 36.9 Å². The van der Waals surface area contributed by atoms with Crippen LogP contribution in [0.2, 0.25) is 0 Å². The fraction of sp³-hybridized carbons (Fsp3) is 0.500. The molecule has 1 aliphatic heterocycles. The Hall–Kier alpha value is -2.11. The molecule has 146 valence electrons. The van der Waals surface area contributed by atoms with Gasteiger partial charge in [0.15, 0.2) is 0 Å². The smallest absolute Gasteiger partial charge is 0.217 e. The monoisotopic (exact) mass is 371 g/mol. The van der Waals surface area contributed by atoms with E-state index in [4.69, 9.17) is 14.2 Å². The summed E-state index contributed by atoms with van der Waals surface area (Å²) in [4.78, 5) is 4.60. The zero-order chi connectivity index (χ0) is 19.1. The Morgan fingerprint density at radius 2 is 1.85 bits per heavy atom. The third-order valence-electron chi connectivity index (χ3n) is 4.84. The van der Waals surface area contributed by atoms with Crippen molar-refractivity contribution in [2.45, 2.75) is 45.6 Å². The molecule has 5 nitrogen and oxygen atoms in total. The van der Waals surface area contributed by atoms with Crippen LogP contribution in [0.15, 0.2) is 30.3 Å². The van der Waals surface area contributed by atoms with E-state index in [1.165, 1.54) is 11.1 Å². The number of nitrogens with zero attached hydrogens (tertiary/aromatic N) is 1. The summed E-state index contributed by atoms with van der Waals surface area (Å²) in [5, 5.41) is 10.2. The lowest BCUT2D eigenvalue weighted by Gasteiger charge is -2.23. The molecule has 2 heterocycles. The second-order valence-corrected chi connectivity index (χ2v) is 7.00.